The van der Waals surface area contributed by atoms with Gasteiger partial charge >= 0.3 is 0 Å². The van der Waals surface area contributed by atoms with Crippen molar-refractivity contribution in [1.29, 1.82) is 0 Å². The van der Waals surface area contributed by atoms with Gasteiger partial charge in [0, 0.05) is 31.2 Å². The molecule has 0 aliphatic rings. The maximum atomic E-state index is 6.01. The number of hydrogen-bond acceptors (Lipinski definition) is 4. The first kappa shape index (κ1) is 11.5. The van der Waals surface area contributed by atoms with Gasteiger partial charge in [0.25, 0.3) is 0 Å². The van der Waals surface area contributed by atoms with Crippen LogP contribution in [0.1, 0.15) is 0 Å². The molecule has 2 aromatic heterocycles. The van der Waals surface area contributed by atoms with E-state index in [1.165, 1.54) is 0 Å². The van der Waals surface area contributed by atoms with E-state index in [1.807, 2.05) is 38.5 Å². The number of anilines is 2. The summed E-state index contributed by atoms with van der Waals surface area (Å²) in [5, 5.41) is 9.44. The summed E-state index contributed by atoms with van der Waals surface area (Å²) in [6, 6.07) is 8.20. The van der Waals surface area contributed by atoms with Crippen molar-refractivity contribution in [3.05, 3.63) is 36.7 Å². The lowest BCUT2D eigenvalue weighted by Crippen LogP contribution is -1.98. The molecule has 0 saturated heterocycles. The van der Waals surface area contributed by atoms with Gasteiger partial charge in [0.1, 0.15) is 11.6 Å². The lowest BCUT2D eigenvalue weighted by atomic mass is 10.0. The third-order valence-corrected chi connectivity index (χ3v) is 3.27. The van der Waals surface area contributed by atoms with Crippen LogP contribution in [0.25, 0.3) is 21.9 Å². The monoisotopic (exact) mass is 253 g/mol. The highest BCUT2D eigenvalue weighted by Gasteiger charge is 2.08. The minimum absolute atomic E-state index is 0.669. The molecule has 0 fully saturated rings. The molecule has 1 aromatic carbocycles. The number of rotatable bonds is 2. The van der Waals surface area contributed by atoms with Crippen LogP contribution in [0.5, 0.6) is 0 Å². The number of nitrogens with one attached hydrogen (secondary N) is 1. The fraction of sp³-hybridized carbons (Fsp3) is 0.143. The number of pyridine rings is 1. The molecule has 5 nitrogen and oxygen atoms in total. The summed E-state index contributed by atoms with van der Waals surface area (Å²) in [5.41, 5.74) is 8.02. The van der Waals surface area contributed by atoms with Crippen molar-refractivity contribution in [3.63, 3.8) is 0 Å². The van der Waals surface area contributed by atoms with Crippen LogP contribution in [0.2, 0.25) is 0 Å². The van der Waals surface area contributed by atoms with Crippen molar-refractivity contribution < 1.29 is 0 Å². The van der Waals surface area contributed by atoms with E-state index in [1.54, 1.807) is 10.9 Å². The molecule has 0 bridgehead atoms. The van der Waals surface area contributed by atoms with Gasteiger partial charge in [-0.25, -0.2) is 4.98 Å². The zero-order chi connectivity index (χ0) is 13.4. The molecular formula is C14H15N5. The van der Waals surface area contributed by atoms with E-state index in [-0.39, 0.29) is 0 Å². The van der Waals surface area contributed by atoms with Gasteiger partial charge in [-0.3, -0.25) is 4.68 Å². The van der Waals surface area contributed by atoms with Crippen molar-refractivity contribution >= 4 is 22.4 Å². The van der Waals surface area contributed by atoms with Gasteiger partial charge in [0.2, 0.25) is 0 Å². The topological polar surface area (TPSA) is 68.8 Å². The summed E-state index contributed by atoms with van der Waals surface area (Å²) < 4.78 is 1.67. The third-order valence-electron chi connectivity index (χ3n) is 3.27. The van der Waals surface area contributed by atoms with Crippen molar-refractivity contribution in [2.45, 2.75) is 0 Å². The van der Waals surface area contributed by atoms with E-state index in [9.17, 15) is 0 Å². The Morgan fingerprint density at radius 2 is 2.00 bits per heavy atom. The van der Waals surface area contributed by atoms with Crippen molar-refractivity contribution in [1.82, 2.24) is 14.8 Å². The standard InChI is InChI=1S/C14H15N5/c1-16-13-6-11-5-9(3-4-10(11)7-17-13)12-8-18-19(2)14(12)15/h3-8H,15H2,1-2H3,(H,16,17). The Kier molecular flexibility index (Phi) is 2.59. The molecular weight excluding hydrogens is 238 g/mol. The second kappa shape index (κ2) is 4.28. The first-order valence-electron chi connectivity index (χ1n) is 6.04. The molecule has 0 amide bonds. The molecule has 3 aromatic rings. The van der Waals surface area contributed by atoms with Gasteiger partial charge in [-0.15, -0.1) is 0 Å². The maximum absolute atomic E-state index is 6.01. The number of benzene rings is 1. The first-order valence-corrected chi connectivity index (χ1v) is 6.04. The summed E-state index contributed by atoms with van der Waals surface area (Å²) in [4.78, 5) is 4.30. The Balaban J connectivity index is 2.17. The normalized spacial score (nSPS) is 10.8. The average Bonchev–Trinajstić information content (AvgIpc) is 2.78. The largest absolute Gasteiger partial charge is 0.383 e. The SMILES string of the molecule is CNc1cc2cc(-c3cnn(C)c3N)ccc2cn1. The van der Waals surface area contributed by atoms with E-state index in [2.05, 4.69) is 21.5 Å². The molecule has 0 aliphatic heterocycles. The summed E-state index contributed by atoms with van der Waals surface area (Å²) in [6.45, 7) is 0. The second-order valence-electron chi connectivity index (χ2n) is 4.45. The Hall–Kier alpha value is -2.56. The van der Waals surface area contributed by atoms with E-state index < -0.39 is 0 Å². The fourth-order valence-corrected chi connectivity index (χ4v) is 2.11. The van der Waals surface area contributed by atoms with Gasteiger partial charge in [0.05, 0.1) is 6.20 Å². The van der Waals surface area contributed by atoms with Crippen molar-refractivity contribution in [2.75, 3.05) is 18.1 Å². The van der Waals surface area contributed by atoms with Gasteiger partial charge < -0.3 is 11.1 Å². The molecule has 19 heavy (non-hydrogen) atoms. The van der Waals surface area contributed by atoms with Crippen LogP contribution in [0.3, 0.4) is 0 Å². The number of hydrogen-bond donors (Lipinski definition) is 2. The molecule has 0 spiro atoms. The zero-order valence-electron chi connectivity index (χ0n) is 10.9. The zero-order valence-corrected chi connectivity index (χ0v) is 10.9. The summed E-state index contributed by atoms with van der Waals surface area (Å²) in [7, 11) is 3.69. The molecule has 0 saturated carbocycles. The maximum Gasteiger partial charge on any atom is 0.129 e. The molecule has 5 heteroatoms. The van der Waals surface area contributed by atoms with Gasteiger partial charge in [-0.1, -0.05) is 12.1 Å². The predicted molar refractivity (Wildman–Crippen MR) is 77.9 cm³/mol. The van der Waals surface area contributed by atoms with Crippen LogP contribution in [-0.4, -0.2) is 21.8 Å². The minimum Gasteiger partial charge on any atom is -0.383 e. The van der Waals surface area contributed by atoms with E-state index in [4.69, 9.17) is 5.73 Å². The minimum atomic E-state index is 0.669. The number of fused-ring (bicyclic) bond motifs is 1. The van der Waals surface area contributed by atoms with Crippen molar-refractivity contribution in [3.8, 4) is 11.1 Å². The molecule has 96 valence electrons. The smallest absolute Gasteiger partial charge is 0.129 e. The molecule has 2 heterocycles. The Bertz CT molecular complexity index is 745. The number of nitrogen functional groups attached to an aromatic ring is 1. The summed E-state index contributed by atoms with van der Waals surface area (Å²) >= 11 is 0. The second-order valence-corrected chi connectivity index (χ2v) is 4.45. The highest BCUT2D eigenvalue weighted by atomic mass is 15.3. The average molecular weight is 253 g/mol. The van der Waals surface area contributed by atoms with Gasteiger partial charge in [-0.2, -0.15) is 5.10 Å². The van der Waals surface area contributed by atoms with Gasteiger partial charge in [0.15, 0.2) is 0 Å². The number of nitrogens with two attached hydrogens (primary N) is 1. The van der Waals surface area contributed by atoms with Crippen LogP contribution in [-0.2, 0) is 7.05 Å². The van der Waals surface area contributed by atoms with Crippen LogP contribution < -0.4 is 11.1 Å². The van der Waals surface area contributed by atoms with Crippen molar-refractivity contribution in [2.24, 2.45) is 7.05 Å². The Morgan fingerprint density at radius 1 is 1.16 bits per heavy atom. The molecule has 0 unspecified atom stereocenters. The van der Waals surface area contributed by atoms with Gasteiger partial charge in [-0.05, 0) is 23.1 Å². The van der Waals surface area contributed by atoms with Crippen LogP contribution in [0.15, 0.2) is 36.7 Å². The molecule has 3 N–H and O–H groups in total. The Labute approximate surface area is 111 Å². The van der Waals surface area contributed by atoms with Crippen LogP contribution >= 0.6 is 0 Å². The highest BCUT2D eigenvalue weighted by Crippen LogP contribution is 2.28. The van der Waals surface area contributed by atoms with E-state index in [0.29, 0.717) is 5.82 Å². The van der Waals surface area contributed by atoms with E-state index in [0.717, 1.165) is 27.7 Å². The predicted octanol–water partition coefficient (Wildman–Crippen LogP) is 2.26. The number of aryl methyl sites for hydroxylation is 1. The van der Waals surface area contributed by atoms with Crippen LogP contribution in [0.4, 0.5) is 11.6 Å². The molecule has 3 rings (SSSR count). The summed E-state index contributed by atoms with van der Waals surface area (Å²) in [5.74, 6) is 1.52. The quantitative estimate of drug-likeness (QED) is 0.735. The van der Waals surface area contributed by atoms with Crippen LogP contribution in [0, 0.1) is 0 Å². The molecule has 0 atom stereocenters. The first-order chi connectivity index (χ1) is 9.19. The third kappa shape index (κ3) is 1.89. The number of nitrogens with zero attached hydrogens (tertiary/aromatic N) is 3. The molecule has 0 radical (unpaired) electrons. The molecule has 0 aliphatic carbocycles. The highest BCUT2D eigenvalue weighted by molar-refractivity contribution is 5.89. The fourth-order valence-electron chi connectivity index (χ4n) is 2.11. The Morgan fingerprint density at radius 3 is 2.68 bits per heavy atom. The summed E-state index contributed by atoms with van der Waals surface area (Å²) in [6.07, 6.45) is 3.65. The number of aromatic nitrogens is 3. The lowest BCUT2D eigenvalue weighted by Gasteiger charge is -2.05. The lowest BCUT2D eigenvalue weighted by molar-refractivity contribution is 0.779. The van der Waals surface area contributed by atoms with E-state index >= 15 is 0 Å².